The molecule has 0 spiro atoms. The lowest BCUT2D eigenvalue weighted by molar-refractivity contribution is 0.158. The van der Waals surface area contributed by atoms with Gasteiger partial charge in [0.1, 0.15) is 12.4 Å². The molecule has 0 heterocycles. The lowest BCUT2D eigenvalue weighted by atomic mass is 10.1. The van der Waals surface area contributed by atoms with Gasteiger partial charge in [0.15, 0.2) is 0 Å². The van der Waals surface area contributed by atoms with Crippen molar-refractivity contribution in [2.24, 2.45) is 5.16 Å². The zero-order valence-electron chi connectivity index (χ0n) is 9.49. The highest BCUT2D eigenvalue weighted by Gasteiger charge is 2.03. The van der Waals surface area contributed by atoms with E-state index in [0.29, 0.717) is 6.61 Å². The topological polar surface area (TPSA) is 30.8 Å². The van der Waals surface area contributed by atoms with Crippen LogP contribution in [0.4, 0.5) is 0 Å². The standard InChI is InChI=1S/C12H17NO2/c1-4-12(13-15-5-2)10-7-6-8-11(9-10)14-3/h6-9H,4-5H2,1-3H3. The van der Waals surface area contributed by atoms with E-state index in [4.69, 9.17) is 9.57 Å². The third-order valence-corrected chi connectivity index (χ3v) is 2.04. The van der Waals surface area contributed by atoms with Gasteiger partial charge in [0, 0.05) is 5.56 Å². The summed E-state index contributed by atoms with van der Waals surface area (Å²) in [6.07, 6.45) is 0.840. The van der Waals surface area contributed by atoms with E-state index in [1.165, 1.54) is 0 Å². The molecule has 0 atom stereocenters. The maximum atomic E-state index is 5.16. The fourth-order valence-corrected chi connectivity index (χ4v) is 1.27. The molecule has 0 aromatic heterocycles. The van der Waals surface area contributed by atoms with Gasteiger partial charge >= 0.3 is 0 Å². The first-order valence-corrected chi connectivity index (χ1v) is 5.15. The van der Waals surface area contributed by atoms with Crippen molar-refractivity contribution in [3.05, 3.63) is 29.8 Å². The molecule has 1 aromatic rings. The zero-order valence-corrected chi connectivity index (χ0v) is 9.49. The third kappa shape index (κ3) is 3.27. The molecule has 0 N–H and O–H groups in total. The van der Waals surface area contributed by atoms with Gasteiger partial charge in [0.25, 0.3) is 0 Å². The Bertz CT molecular complexity index is 334. The molecule has 82 valence electrons. The molecule has 0 aliphatic rings. The van der Waals surface area contributed by atoms with Gasteiger partial charge in [0.2, 0.25) is 0 Å². The van der Waals surface area contributed by atoms with Crippen LogP contribution in [-0.2, 0) is 4.84 Å². The van der Waals surface area contributed by atoms with Crippen molar-refractivity contribution in [3.63, 3.8) is 0 Å². The van der Waals surface area contributed by atoms with E-state index < -0.39 is 0 Å². The maximum absolute atomic E-state index is 5.16. The van der Waals surface area contributed by atoms with Crippen molar-refractivity contribution < 1.29 is 9.57 Å². The van der Waals surface area contributed by atoms with E-state index in [0.717, 1.165) is 23.4 Å². The minimum absolute atomic E-state index is 0.591. The van der Waals surface area contributed by atoms with Crippen molar-refractivity contribution in [2.45, 2.75) is 20.3 Å². The van der Waals surface area contributed by atoms with E-state index in [9.17, 15) is 0 Å². The minimum atomic E-state index is 0.591. The maximum Gasteiger partial charge on any atom is 0.119 e. The summed E-state index contributed by atoms with van der Waals surface area (Å²) < 4.78 is 5.16. The first-order chi connectivity index (χ1) is 7.31. The van der Waals surface area contributed by atoms with Crippen LogP contribution in [0.5, 0.6) is 5.75 Å². The lowest BCUT2D eigenvalue weighted by Gasteiger charge is -2.05. The molecular weight excluding hydrogens is 190 g/mol. The van der Waals surface area contributed by atoms with Gasteiger partial charge in [-0.2, -0.15) is 0 Å². The van der Waals surface area contributed by atoms with Crippen LogP contribution >= 0.6 is 0 Å². The first-order valence-electron chi connectivity index (χ1n) is 5.15. The molecular formula is C12H17NO2. The second-order valence-electron chi connectivity index (χ2n) is 3.04. The Morgan fingerprint density at radius 1 is 1.33 bits per heavy atom. The number of methoxy groups -OCH3 is 1. The minimum Gasteiger partial charge on any atom is -0.497 e. The molecule has 0 unspecified atom stereocenters. The van der Waals surface area contributed by atoms with Crippen LogP contribution in [-0.4, -0.2) is 19.4 Å². The first kappa shape index (κ1) is 11.6. The summed E-state index contributed by atoms with van der Waals surface area (Å²) in [6, 6.07) is 7.83. The Morgan fingerprint density at radius 3 is 2.73 bits per heavy atom. The summed E-state index contributed by atoms with van der Waals surface area (Å²) in [7, 11) is 1.66. The van der Waals surface area contributed by atoms with Gasteiger partial charge < -0.3 is 9.57 Å². The monoisotopic (exact) mass is 207 g/mol. The predicted octanol–water partition coefficient (Wildman–Crippen LogP) is 2.85. The number of oxime groups is 1. The Hall–Kier alpha value is -1.51. The Balaban J connectivity index is 2.91. The van der Waals surface area contributed by atoms with E-state index >= 15 is 0 Å². The summed E-state index contributed by atoms with van der Waals surface area (Å²) in [5.41, 5.74) is 1.99. The Kier molecular flexibility index (Phi) is 4.68. The van der Waals surface area contributed by atoms with Crippen LogP contribution in [0, 0.1) is 0 Å². The summed E-state index contributed by atoms with van der Waals surface area (Å²) in [6.45, 7) is 4.56. The van der Waals surface area contributed by atoms with Gasteiger partial charge in [-0.3, -0.25) is 0 Å². The largest absolute Gasteiger partial charge is 0.497 e. The van der Waals surface area contributed by atoms with Crippen LogP contribution in [0.15, 0.2) is 29.4 Å². The summed E-state index contributed by atoms with van der Waals surface area (Å²) in [5.74, 6) is 0.838. The molecule has 0 aliphatic heterocycles. The van der Waals surface area contributed by atoms with Gasteiger partial charge in [-0.05, 0) is 25.5 Å². The number of hydrogen-bond acceptors (Lipinski definition) is 3. The van der Waals surface area contributed by atoms with Gasteiger partial charge in [-0.1, -0.05) is 24.2 Å². The molecule has 3 heteroatoms. The van der Waals surface area contributed by atoms with Crippen LogP contribution in [0.2, 0.25) is 0 Å². The highest BCUT2D eigenvalue weighted by atomic mass is 16.6. The van der Waals surface area contributed by atoms with Crippen molar-refractivity contribution in [1.82, 2.24) is 0 Å². The van der Waals surface area contributed by atoms with E-state index in [1.54, 1.807) is 7.11 Å². The van der Waals surface area contributed by atoms with E-state index in [1.807, 2.05) is 31.2 Å². The summed E-state index contributed by atoms with van der Waals surface area (Å²) >= 11 is 0. The quantitative estimate of drug-likeness (QED) is 0.549. The van der Waals surface area contributed by atoms with Gasteiger partial charge in [-0.25, -0.2) is 0 Å². The molecule has 0 saturated carbocycles. The number of hydrogen-bond donors (Lipinski definition) is 0. The molecule has 0 aliphatic carbocycles. The number of rotatable bonds is 5. The third-order valence-electron chi connectivity index (χ3n) is 2.04. The molecule has 0 fully saturated rings. The summed E-state index contributed by atoms with van der Waals surface area (Å²) in [4.78, 5) is 5.06. The van der Waals surface area contributed by atoms with Crippen molar-refractivity contribution >= 4 is 5.71 Å². The second kappa shape index (κ2) is 6.06. The van der Waals surface area contributed by atoms with Gasteiger partial charge in [-0.15, -0.1) is 0 Å². The molecule has 1 rings (SSSR count). The van der Waals surface area contributed by atoms with Crippen molar-refractivity contribution in [1.29, 1.82) is 0 Å². The average molecular weight is 207 g/mol. The Labute approximate surface area is 90.7 Å². The number of nitrogens with zero attached hydrogens (tertiary/aromatic N) is 1. The Morgan fingerprint density at radius 2 is 2.13 bits per heavy atom. The molecule has 0 radical (unpaired) electrons. The van der Waals surface area contributed by atoms with E-state index in [-0.39, 0.29) is 0 Å². The van der Waals surface area contributed by atoms with Crippen LogP contribution in [0.25, 0.3) is 0 Å². The van der Waals surface area contributed by atoms with Gasteiger partial charge in [0.05, 0.1) is 12.8 Å². The highest BCUT2D eigenvalue weighted by molar-refractivity contribution is 6.00. The molecule has 0 amide bonds. The van der Waals surface area contributed by atoms with E-state index in [2.05, 4.69) is 12.1 Å². The molecule has 3 nitrogen and oxygen atoms in total. The fourth-order valence-electron chi connectivity index (χ4n) is 1.27. The zero-order chi connectivity index (χ0) is 11.1. The highest BCUT2D eigenvalue weighted by Crippen LogP contribution is 2.14. The van der Waals surface area contributed by atoms with Crippen molar-refractivity contribution in [3.8, 4) is 5.75 Å². The molecule has 15 heavy (non-hydrogen) atoms. The SMILES string of the molecule is CCON=C(CC)c1cccc(OC)c1. The van der Waals surface area contributed by atoms with Crippen LogP contribution in [0.3, 0.4) is 0 Å². The lowest BCUT2D eigenvalue weighted by Crippen LogP contribution is -2.00. The number of ether oxygens (including phenoxy) is 1. The fraction of sp³-hybridized carbons (Fsp3) is 0.417. The predicted molar refractivity (Wildman–Crippen MR) is 61.4 cm³/mol. The smallest absolute Gasteiger partial charge is 0.119 e. The summed E-state index contributed by atoms with van der Waals surface area (Å²) in [5, 5.41) is 4.07. The van der Waals surface area contributed by atoms with Crippen LogP contribution < -0.4 is 4.74 Å². The average Bonchev–Trinajstić information content (AvgIpc) is 2.30. The van der Waals surface area contributed by atoms with Crippen LogP contribution in [0.1, 0.15) is 25.8 Å². The molecule has 1 aromatic carbocycles. The molecule has 0 saturated heterocycles. The van der Waals surface area contributed by atoms with Crippen molar-refractivity contribution in [2.75, 3.05) is 13.7 Å². The molecule has 0 bridgehead atoms. The normalized spacial score (nSPS) is 11.3. The second-order valence-corrected chi connectivity index (χ2v) is 3.04. The number of benzene rings is 1.